The van der Waals surface area contributed by atoms with Crippen molar-refractivity contribution in [2.24, 2.45) is 0 Å². The predicted octanol–water partition coefficient (Wildman–Crippen LogP) is 3.39. The van der Waals surface area contributed by atoms with Crippen molar-refractivity contribution < 1.29 is 4.79 Å². The van der Waals surface area contributed by atoms with Gasteiger partial charge >= 0.3 is 0 Å². The van der Waals surface area contributed by atoms with Gasteiger partial charge in [0.05, 0.1) is 5.38 Å². The zero-order chi connectivity index (χ0) is 10.6. The van der Waals surface area contributed by atoms with Gasteiger partial charge in [-0.25, -0.2) is 0 Å². The molecule has 0 bridgehead atoms. The first kappa shape index (κ1) is 12.2. The Morgan fingerprint density at radius 1 is 1.43 bits per heavy atom. The summed E-state index contributed by atoms with van der Waals surface area (Å²) in [5.41, 5.74) is 0. The van der Waals surface area contributed by atoms with Crippen molar-refractivity contribution >= 4 is 28.6 Å². The number of nitrogens with one attached hydrogen (secondary N) is 1. The third-order valence-corrected chi connectivity index (χ3v) is 3.65. The molecule has 2 nitrogen and oxygen atoms in total. The van der Waals surface area contributed by atoms with Crippen molar-refractivity contribution in [3.05, 3.63) is 0 Å². The van der Waals surface area contributed by atoms with E-state index in [1.54, 1.807) is 0 Å². The average Bonchev–Trinajstić information content (AvgIpc) is 2.07. The van der Waals surface area contributed by atoms with Gasteiger partial charge in [-0.2, -0.15) is 0 Å². The highest BCUT2D eigenvalue weighted by Crippen LogP contribution is 2.24. The maximum absolute atomic E-state index is 11.5. The normalized spacial score (nSPS) is 27.7. The fourth-order valence-corrected chi connectivity index (χ4v) is 2.64. The summed E-state index contributed by atoms with van der Waals surface area (Å²) in [7, 11) is 0. The van der Waals surface area contributed by atoms with E-state index in [2.05, 4.69) is 5.32 Å². The molecule has 0 aromatic heterocycles. The second kappa shape index (κ2) is 5.86. The van der Waals surface area contributed by atoms with Crippen LogP contribution in [0.5, 0.6) is 0 Å². The van der Waals surface area contributed by atoms with Crippen LogP contribution in [0, 0.1) is 0 Å². The molecule has 0 heterocycles. The summed E-state index contributed by atoms with van der Waals surface area (Å²) < 4.78 is 0. The van der Waals surface area contributed by atoms with Gasteiger partial charge in [-0.1, -0.05) is 38.5 Å². The maximum Gasteiger partial charge on any atom is 0.279 e. The average molecular weight is 236 g/mol. The number of hydrogen-bond acceptors (Lipinski definition) is 2. The van der Waals surface area contributed by atoms with Gasteiger partial charge in [0.2, 0.25) is 0 Å². The molecule has 2 unspecified atom stereocenters. The Bertz CT molecular complexity index is 199. The standard InChI is InChI=1S/C10H18ClNOS/c1-7(2)14-10(13)12-9-6-4-3-5-8(9)11/h7-9H,3-6H2,1-2H3,(H,12,13). The van der Waals surface area contributed by atoms with Crippen LogP contribution in [0.4, 0.5) is 4.79 Å². The fraction of sp³-hybridized carbons (Fsp3) is 0.900. The monoisotopic (exact) mass is 235 g/mol. The number of amides is 1. The lowest BCUT2D eigenvalue weighted by atomic mass is 9.95. The van der Waals surface area contributed by atoms with E-state index in [9.17, 15) is 4.79 Å². The molecule has 0 aromatic rings. The lowest BCUT2D eigenvalue weighted by Gasteiger charge is -2.27. The minimum atomic E-state index is 0.0672. The number of alkyl halides is 1. The molecule has 1 rings (SSSR count). The van der Waals surface area contributed by atoms with Gasteiger partial charge < -0.3 is 5.32 Å². The molecule has 2 atom stereocenters. The lowest BCUT2D eigenvalue weighted by Crippen LogP contribution is -2.41. The molecule has 0 radical (unpaired) electrons. The molecule has 1 fully saturated rings. The van der Waals surface area contributed by atoms with Crippen LogP contribution in [0.3, 0.4) is 0 Å². The van der Waals surface area contributed by atoms with Crippen LogP contribution in [0.1, 0.15) is 39.5 Å². The molecule has 0 aromatic carbocycles. The molecular weight excluding hydrogens is 218 g/mol. The number of carbonyl (C=O) groups is 1. The second-order valence-corrected chi connectivity index (χ2v) is 6.12. The van der Waals surface area contributed by atoms with E-state index in [1.807, 2.05) is 13.8 Å². The Hall–Kier alpha value is 0.110. The minimum absolute atomic E-state index is 0.0672. The van der Waals surface area contributed by atoms with Crippen LogP contribution < -0.4 is 5.32 Å². The lowest BCUT2D eigenvalue weighted by molar-refractivity contribution is 0.253. The minimum Gasteiger partial charge on any atom is -0.343 e. The summed E-state index contributed by atoms with van der Waals surface area (Å²) in [5.74, 6) is 0. The third-order valence-electron chi connectivity index (χ3n) is 2.33. The van der Waals surface area contributed by atoms with Gasteiger partial charge in [0.1, 0.15) is 0 Å². The van der Waals surface area contributed by atoms with Gasteiger partial charge in [-0.3, -0.25) is 4.79 Å². The fourth-order valence-electron chi connectivity index (χ4n) is 1.65. The van der Waals surface area contributed by atoms with Gasteiger partial charge in [-0.15, -0.1) is 11.6 Å². The molecule has 4 heteroatoms. The largest absolute Gasteiger partial charge is 0.343 e. The highest BCUT2D eigenvalue weighted by Gasteiger charge is 2.24. The Morgan fingerprint density at radius 2 is 2.07 bits per heavy atom. The molecule has 1 aliphatic rings. The molecule has 1 N–H and O–H groups in total. The smallest absolute Gasteiger partial charge is 0.279 e. The summed E-state index contributed by atoms with van der Waals surface area (Å²) in [6.45, 7) is 4.03. The van der Waals surface area contributed by atoms with Crippen molar-refractivity contribution in [2.75, 3.05) is 0 Å². The van der Waals surface area contributed by atoms with Crippen LogP contribution >= 0.6 is 23.4 Å². The van der Waals surface area contributed by atoms with Crippen molar-refractivity contribution in [1.82, 2.24) is 5.32 Å². The molecule has 1 aliphatic carbocycles. The Kier molecular flexibility index (Phi) is 5.10. The summed E-state index contributed by atoms with van der Waals surface area (Å²) in [5, 5.41) is 3.52. The Morgan fingerprint density at radius 3 is 2.64 bits per heavy atom. The number of rotatable bonds is 2. The summed E-state index contributed by atoms with van der Waals surface area (Å²) in [6.07, 6.45) is 4.43. The van der Waals surface area contributed by atoms with Crippen LogP contribution in [0.25, 0.3) is 0 Å². The van der Waals surface area contributed by atoms with E-state index in [0.717, 1.165) is 12.8 Å². The van der Waals surface area contributed by atoms with E-state index < -0.39 is 0 Å². The Labute approximate surface area is 95.2 Å². The van der Waals surface area contributed by atoms with E-state index in [1.165, 1.54) is 24.6 Å². The molecule has 14 heavy (non-hydrogen) atoms. The predicted molar refractivity (Wildman–Crippen MR) is 63.2 cm³/mol. The van der Waals surface area contributed by atoms with Gasteiger partial charge in [0.25, 0.3) is 5.24 Å². The second-order valence-electron chi connectivity index (χ2n) is 4.01. The molecule has 82 valence electrons. The zero-order valence-electron chi connectivity index (χ0n) is 8.75. The quantitative estimate of drug-likeness (QED) is 0.744. The van der Waals surface area contributed by atoms with Gasteiger partial charge in [0.15, 0.2) is 0 Å². The highest BCUT2D eigenvalue weighted by molar-refractivity contribution is 8.14. The van der Waals surface area contributed by atoms with Gasteiger partial charge in [-0.05, 0) is 12.8 Å². The van der Waals surface area contributed by atoms with Crippen LogP contribution in [-0.4, -0.2) is 21.9 Å². The summed E-state index contributed by atoms with van der Waals surface area (Å²) in [6, 6.07) is 0.184. The van der Waals surface area contributed by atoms with Crippen LogP contribution in [-0.2, 0) is 0 Å². The van der Waals surface area contributed by atoms with Gasteiger partial charge in [0, 0.05) is 11.3 Å². The highest BCUT2D eigenvalue weighted by atomic mass is 35.5. The molecule has 1 saturated carbocycles. The summed E-state index contributed by atoms with van der Waals surface area (Å²) >= 11 is 7.48. The first-order chi connectivity index (χ1) is 6.59. The van der Waals surface area contributed by atoms with E-state index in [-0.39, 0.29) is 16.7 Å². The molecule has 0 aliphatic heterocycles. The number of halogens is 1. The first-order valence-electron chi connectivity index (χ1n) is 5.21. The van der Waals surface area contributed by atoms with Crippen molar-refractivity contribution in [2.45, 2.75) is 56.2 Å². The number of carbonyl (C=O) groups excluding carboxylic acids is 1. The van der Waals surface area contributed by atoms with Crippen molar-refractivity contribution in [3.63, 3.8) is 0 Å². The van der Waals surface area contributed by atoms with Crippen molar-refractivity contribution in [1.29, 1.82) is 0 Å². The van der Waals surface area contributed by atoms with E-state index in [4.69, 9.17) is 11.6 Å². The third kappa shape index (κ3) is 4.09. The zero-order valence-corrected chi connectivity index (χ0v) is 10.3. The maximum atomic E-state index is 11.5. The number of thioether (sulfide) groups is 1. The topological polar surface area (TPSA) is 29.1 Å². The molecular formula is C10H18ClNOS. The van der Waals surface area contributed by atoms with Crippen molar-refractivity contribution in [3.8, 4) is 0 Å². The summed E-state index contributed by atoms with van der Waals surface area (Å²) in [4.78, 5) is 11.5. The molecule has 0 saturated heterocycles. The van der Waals surface area contributed by atoms with Crippen LogP contribution in [0.15, 0.2) is 0 Å². The van der Waals surface area contributed by atoms with Crippen LogP contribution in [0.2, 0.25) is 0 Å². The molecule has 1 amide bonds. The van der Waals surface area contributed by atoms with E-state index >= 15 is 0 Å². The first-order valence-corrected chi connectivity index (χ1v) is 6.52. The molecule has 0 spiro atoms. The number of hydrogen-bond donors (Lipinski definition) is 1. The Balaban J connectivity index is 2.31. The SMILES string of the molecule is CC(C)SC(=O)NC1CCCCC1Cl. The van der Waals surface area contributed by atoms with E-state index in [0.29, 0.717) is 5.25 Å².